The Labute approximate surface area is 188 Å². The molecule has 2 aliphatic heterocycles. The van der Waals surface area contributed by atoms with Crippen molar-refractivity contribution in [2.45, 2.75) is 58.0 Å². The Morgan fingerprint density at radius 3 is 2.52 bits per heavy atom. The Morgan fingerprint density at radius 1 is 1.38 bits per heavy atom. The molecule has 3 N–H and O–H groups in total. The number of hydrogen-bond acceptors (Lipinski definition) is 5. The molecule has 9 nitrogen and oxygen atoms in total. The fourth-order valence-electron chi connectivity index (χ4n) is 3.74. The molecule has 1 atom stereocenters. The third-order valence-corrected chi connectivity index (χ3v) is 5.59. The van der Waals surface area contributed by atoms with Crippen molar-refractivity contribution in [2.75, 3.05) is 20.1 Å². The highest BCUT2D eigenvalue weighted by molar-refractivity contribution is 14.0. The lowest BCUT2D eigenvalue weighted by Gasteiger charge is -2.39. The van der Waals surface area contributed by atoms with Crippen LogP contribution in [0.2, 0.25) is 0 Å². The second-order valence-corrected chi connectivity index (χ2v) is 8.64. The number of aromatic nitrogens is 1. The van der Waals surface area contributed by atoms with Crippen LogP contribution in [0, 0.1) is 5.92 Å². The van der Waals surface area contributed by atoms with Crippen LogP contribution in [0.5, 0.6) is 0 Å². The summed E-state index contributed by atoms with van der Waals surface area (Å²) in [6.07, 6.45) is 3.35. The van der Waals surface area contributed by atoms with Gasteiger partial charge in [0.15, 0.2) is 5.96 Å². The lowest BCUT2D eigenvalue weighted by molar-refractivity contribution is -0.125. The maximum absolute atomic E-state index is 12.1. The number of oxazole rings is 1. The van der Waals surface area contributed by atoms with Crippen molar-refractivity contribution in [1.82, 2.24) is 25.8 Å². The van der Waals surface area contributed by atoms with Crippen molar-refractivity contribution in [1.29, 1.82) is 0 Å². The van der Waals surface area contributed by atoms with Crippen LogP contribution in [0.15, 0.2) is 15.6 Å². The Morgan fingerprint density at radius 2 is 2.03 bits per heavy atom. The number of nitrogens with one attached hydrogen (secondary N) is 3. The summed E-state index contributed by atoms with van der Waals surface area (Å²) in [5.74, 6) is 2.11. The normalized spacial score (nSPS) is 23.5. The Bertz CT molecular complexity index is 779. The van der Waals surface area contributed by atoms with Gasteiger partial charge in [-0.2, -0.15) is 0 Å². The van der Waals surface area contributed by atoms with Gasteiger partial charge in [-0.15, -0.1) is 24.0 Å². The predicted molar refractivity (Wildman–Crippen MR) is 120 cm³/mol. The van der Waals surface area contributed by atoms with E-state index in [1.807, 2.05) is 0 Å². The molecule has 162 valence electrons. The third-order valence-electron chi connectivity index (χ3n) is 5.59. The number of urea groups is 1. The molecule has 3 amide bonds. The average Bonchev–Trinajstić information content (AvgIpc) is 3.21. The molecule has 29 heavy (non-hydrogen) atoms. The number of aliphatic imine (C=N–C) groups is 1. The van der Waals surface area contributed by atoms with Crippen molar-refractivity contribution in [3.8, 4) is 0 Å². The van der Waals surface area contributed by atoms with Gasteiger partial charge in [-0.25, -0.2) is 9.78 Å². The molecule has 3 rings (SSSR count). The quantitative estimate of drug-likeness (QED) is 0.244. The molecular weight excluding hydrogens is 487 g/mol. The minimum absolute atomic E-state index is 0. The van der Waals surface area contributed by atoms with Crippen LogP contribution in [0.1, 0.15) is 52.2 Å². The zero-order valence-electron chi connectivity index (χ0n) is 17.7. The zero-order valence-corrected chi connectivity index (χ0v) is 20.0. The zero-order chi connectivity index (χ0) is 20.5. The second-order valence-electron chi connectivity index (χ2n) is 8.64. The second kappa shape index (κ2) is 8.88. The van der Waals surface area contributed by atoms with Crippen LogP contribution < -0.4 is 16.0 Å². The van der Waals surface area contributed by atoms with Gasteiger partial charge in [0.1, 0.15) is 11.3 Å². The van der Waals surface area contributed by atoms with E-state index in [0.29, 0.717) is 12.4 Å². The minimum atomic E-state index is -0.832. The third kappa shape index (κ3) is 5.01. The summed E-state index contributed by atoms with van der Waals surface area (Å²) < 4.78 is 5.82. The van der Waals surface area contributed by atoms with Crippen LogP contribution in [0.4, 0.5) is 4.79 Å². The van der Waals surface area contributed by atoms with Gasteiger partial charge in [-0.05, 0) is 25.7 Å². The number of imide groups is 1. The lowest BCUT2D eigenvalue weighted by Crippen LogP contribution is -2.55. The molecule has 1 aromatic heterocycles. The van der Waals surface area contributed by atoms with E-state index in [0.717, 1.165) is 37.7 Å². The number of halogens is 1. The van der Waals surface area contributed by atoms with Crippen molar-refractivity contribution < 1.29 is 14.0 Å². The van der Waals surface area contributed by atoms with E-state index in [2.05, 4.69) is 51.6 Å². The van der Waals surface area contributed by atoms with Crippen molar-refractivity contribution in [3.63, 3.8) is 0 Å². The highest BCUT2D eigenvalue weighted by Gasteiger charge is 2.48. The van der Waals surface area contributed by atoms with Gasteiger partial charge in [0.25, 0.3) is 5.91 Å². The number of piperidine rings is 1. The van der Waals surface area contributed by atoms with E-state index in [1.54, 1.807) is 20.2 Å². The highest BCUT2D eigenvalue weighted by atomic mass is 127. The van der Waals surface area contributed by atoms with Crippen molar-refractivity contribution in [3.05, 3.63) is 17.8 Å². The Kier molecular flexibility index (Phi) is 7.18. The van der Waals surface area contributed by atoms with Crippen molar-refractivity contribution >= 4 is 41.9 Å². The predicted octanol–water partition coefficient (Wildman–Crippen LogP) is 1.98. The van der Waals surface area contributed by atoms with Crippen molar-refractivity contribution in [2.24, 2.45) is 10.9 Å². The van der Waals surface area contributed by atoms with Crippen LogP contribution >= 0.6 is 24.0 Å². The minimum Gasteiger partial charge on any atom is -0.443 e. The molecule has 2 fully saturated rings. The monoisotopic (exact) mass is 518 g/mol. The van der Waals surface area contributed by atoms with Crippen LogP contribution in [-0.4, -0.2) is 53.5 Å². The first-order valence-corrected chi connectivity index (χ1v) is 9.68. The molecule has 2 saturated heterocycles. The Hall–Kier alpha value is -1.85. The summed E-state index contributed by atoms with van der Waals surface area (Å²) in [4.78, 5) is 34.5. The Balaban J connectivity index is 0.00000300. The van der Waals surface area contributed by atoms with E-state index in [1.165, 1.54) is 0 Å². The molecule has 0 bridgehead atoms. The molecular formula is C19H31IN6O3. The maximum Gasteiger partial charge on any atom is 0.322 e. The van der Waals surface area contributed by atoms with E-state index < -0.39 is 11.6 Å². The molecule has 0 aromatic carbocycles. The van der Waals surface area contributed by atoms with Gasteiger partial charge in [0.05, 0.1) is 12.7 Å². The summed E-state index contributed by atoms with van der Waals surface area (Å²) in [5.41, 5.74) is -0.908. The van der Waals surface area contributed by atoms with Gasteiger partial charge in [-0.1, -0.05) is 20.8 Å². The molecule has 0 radical (unpaired) electrons. The number of likely N-dealkylation sites (tertiary alicyclic amines) is 1. The number of nitrogens with zero attached hydrogens (tertiary/aromatic N) is 3. The van der Waals surface area contributed by atoms with Gasteiger partial charge in [-0.3, -0.25) is 15.1 Å². The topological polar surface area (TPSA) is 112 Å². The molecule has 0 aliphatic carbocycles. The van der Waals surface area contributed by atoms with Gasteiger partial charge in [0.2, 0.25) is 5.89 Å². The van der Waals surface area contributed by atoms with Crippen LogP contribution in [0.25, 0.3) is 0 Å². The maximum atomic E-state index is 12.1. The lowest BCUT2D eigenvalue weighted by atomic mass is 9.79. The molecule has 1 unspecified atom stereocenters. The van der Waals surface area contributed by atoms with Gasteiger partial charge < -0.3 is 20.0 Å². The number of guanidine groups is 1. The standard InChI is InChI=1S/C19H30N6O3.HI/c1-18(2,3)13-10-21-14(28-13)11-22-16(20-5)25-8-6-12(7-9-25)19(4)15(26)23-17(27)24-19;/h10,12H,6-9,11H2,1-5H3,(H,20,22)(H2,23,24,26,27);1H. The first-order valence-electron chi connectivity index (χ1n) is 9.68. The molecule has 2 aliphatic rings. The summed E-state index contributed by atoms with van der Waals surface area (Å²) in [5, 5.41) is 8.43. The van der Waals surface area contributed by atoms with Crippen LogP contribution in [0.3, 0.4) is 0 Å². The summed E-state index contributed by atoms with van der Waals surface area (Å²) in [6.45, 7) is 10.0. The van der Waals surface area contributed by atoms with E-state index in [4.69, 9.17) is 4.42 Å². The summed E-state index contributed by atoms with van der Waals surface area (Å²) >= 11 is 0. The van der Waals surface area contributed by atoms with E-state index in [-0.39, 0.29) is 41.2 Å². The highest BCUT2D eigenvalue weighted by Crippen LogP contribution is 2.30. The fourth-order valence-corrected chi connectivity index (χ4v) is 3.74. The van der Waals surface area contributed by atoms with Gasteiger partial charge in [0, 0.05) is 25.6 Å². The smallest absolute Gasteiger partial charge is 0.322 e. The fraction of sp³-hybridized carbons (Fsp3) is 0.684. The van der Waals surface area contributed by atoms with E-state index >= 15 is 0 Å². The molecule has 3 heterocycles. The largest absolute Gasteiger partial charge is 0.443 e. The average molecular weight is 518 g/mol. The van der Waals surface area contributed by atoms with Crippen LogP contribution in [-0.2, 0) is 16.8 Å². The molecule has 0 saturated carbocycles. The molecule has 0 spiro atoms. The van der Waals surface area contributed by atoms with E-state index in [9.17, 15) is 9.59 Å². The molecule has 1 aromatic rings. The van der Waals surface area contributed by atoms with Gasteiger partial charge >= 0.3 is 6.03 Å². The first kappa shape index (κ1) is 23.4. The number of carbonyl (C=O) groups is 2. The SMILES string of the molecule is CN=C(NCc1ncc(C(C)(C)C)o1)N1CCC(C2(C)NC(=O)NC2=O)CC1.I. The summed E-state index contributed by atoms with van der Waals surface area (Å²) in [7, 11) is 1.75. The first-order chi connectivity index (χ1) is 13.1. The summed E-state index contributed by atoms with van der Waals surface area (Å²) in [6, 6.07) is -0.409. The number of amides is 3. The molecule has 10 heteroatoms. The number of hydrogen-bond donors (Lipinski definition) is 3. The number of carbonyl (C=O) groups excluding carboxylic acids is 2. The number of rotatable bonds is 3.